The van der Waals surface area contributed by atoms with Crippen LogP contribution in [-0.2, 0) is 4.79 Å². The van der Waals surface area contributed by atoms with Gasteiger partial charge in [0.05, 0.1) is 11.5 Å². The van der Waals surface area contributed by atoms with Crippen LogP contribution >= 0.6 is 0 Å². The van der Waals surface area contributed by atoms with E-state index >= 15 is 0 Å². The Hall–Kier alpha value is -0.890. The molecule has 2 aliphatic rings. The maximum Gasteiger partial charge on any atom is 0.146 e. The first kappa shape index (κ1) is 12.6. The molecule has 0 saturated heterocycles. The summed E-state index contributed by atoms with van der Waals surface area (Å²) in [6.45, 7) is 10.0. The summed E-state index contributed by atoms with van der Waals surface area (Å²) in [7, 11) is 0. The van der Waals surface area contributed by atoms with E-state index in [0.717, 1.165) is 17.6 Å². The molecule has 94 valence electrons. The van der Waals surface area contributed by atoms with Gasteiger partial charge in [-0.2, -0.15) is 0 Å². The molecule has 0 radical (unpaired) electrons. The summed E-state index contributed by atoms with van der Waals surface area (Å²) in [5.41, 5.74) is 1.42. The van der Waals surface area contributed by atoms with Crippen LogP contribution in [0, 0.1) is 17.8 Å². The monoisotopic (exact) mass is 234 g/mol. The average Bonchev–Trinajstić information content (AvgIpc) is 2.26. The summed E-state index contributed by atoms with van der Waals surface area (Å²) in [5, 5.41) is 10.7. The standard InChI is InChI=1S/C15H22O2/c1-9(2)7-13-14(16)11(4)12-8-15(13,17)6-5-10(12)3/h7,11-13,17H,3,5-6,8H2,1-2,4H3/t11-,12-,13+,15?/m0/s1. The topological polar surface area (TPSA) is 37.3 Å². The van der Waals surface area contributed by atoms with Gasteiger partial charge in [0, 0.05) is 5.92 Å². The minimum absolute atomic E-state index is 0.00340. The molecule has 1 unspecified atom stereocenters. The number of aliphatic hydroxyl groups is 1. The van der Waals surface area contributed by atoms with Gasteiger partial charge in [0.15, 0.2) is 0 Å². The molecule has 2 fully saturated rings. The van der Waals surface area contributed by atoms with Crippen molar-refractivity contribution in [3.8, 4) is 0 Å². The summed E-state index contributed by atoms with van der Waals surface area (Å²) in [4.78, 5) is 12.4. The molecule has 2 rings (SSSR count). The molecule has 2 aliphatic carbocycles. The van der Waals surface area contributed by atoms with E-state index in [4.69, 9.17) is 0 Å². The van der Waals surface area contributed by atoms with Crippen molar-refractivity contribution in [2.24, 2.45) is 17.8 Å². The molecule has 17 heavy (non-hydrogen) atoms. The van der Waals surface area contributed by atoms with Crippen LogP contribution in [0.4, 0.5) is 0 Å². The van der Waals surface area contributed by atoms with Crippen LogP contribution in [0.25, 0.3) is 0 Å². The van der Waals surface area contributed by atoms with Gasteiger partial charge in [-0.1, -0.05) is 30.7 Å². The smallest absolute Gasteiger partial charge is 0.146 e. The molecule has 0 aromatic rings. The fourth-order valence-electron chi connectivity index (χ4n) is 3.32. The molecule has 2 saturated carbocycles. The van der Waals surface area contributed by atoms with Gasteiger partial charge in [-0.15, -0.1) is 0 Å². The van der Waals surface area contributed by atoms with Crippen LogP contribution in [0.3, 0.4) is 0 Å². The van der Waals surface area contributed by atoms with E-state index in [1.807, 2.05) is 26.8 Å². The Morgan fingerprint density at radius 1 is 1.53 bits per heavy atom. The zero-order valence-electron chi connectivity index (χ0n) is 11.0. The Kier molecular flexibility index (Phi) is 3.03. The lowest BCUT2D eigenvalue weighted by Crippen LogP contribution is -2.54. The fraction of sp³-hybridized carbons (Fsp3) is 0.667. The van der Waals surface area contributed by atoms with Crippen molar-refractivity contribution in [2.75, 3.05) is 0 Å². The second kappa shape index (κ2) is 4.09. The molecule has 0 amide bonds. The van der Waals surface area contributed by atoms with Crippen LogP contribution < -0.4 is 0 Å². The lowest BCUT2D eigenvalue weighted by atomic mass is 9.58. The molecule has 4 atom stereocenters. The SMILES string of the molecule is C=C1CCC2(O)C[C@@H]1[C@H](C)C(=O)[C@H]2C=C(C)C. The van der Waals surface area contributed by atoms with Crippen LogP contribution in [0.5, 0.6) is 0 Å². The minimum Gasteiger partial charge on any atom is -0.389 e. The first-order chi connectivity index (χ1) is 7.85. The van der Waals surface area contributed by atoms with Gasteiger partial charge in [-0.25, -0.2) is 0 Å². The second-order valence-electron chi connectivity index (χ2n) is 5.99. The van der Waals surface area contributed by atoms with Gasteiger partial charge in [0.25, 0.3) is 0 Å². The number of hydrogen-bond donors (Lipinski definition) is 1. The van der Waals surface area contributed by atoms with Gasteiger partial charge in [-0.3, -0.25) is 4.79 Å². The number of carbonyl (C=O) groups excluding carboxylic acids is 1. The lowest BCUT2D eigenvalue weighted by molar-refractivity contribution is -0.146. The maximum absolute atomic E-state index is 12.4. The predicted octanol–water partition coefficient (Wildman–Crippen LogP) is 2.88. The number of allylic oxidation sites excluding steroid dienone is 2. The zero-order valence-corrected chi connectivity index (χ0v) is 11.0. The van der Waals surface area contributed by atoms with Gasteiger partial charge >= 0.3 is 0 Å². The molecule has 0 heterocycles. The van der Waals surface area contributed by atoms with Gasteiger partial charge in [0.1, 0.15) is 5.78 Å². The first-order valence-electron chi connectivity index (χ1n) is 6.44. The Morgan fingerprint density at radius 3 is 2.76 bits per heavy atom. The van der Waals surface area contributed by atoms with E-state index in [2.05, 4.69) is 6.58 Å². The number of hydrogen-bond acceptors (Lipinski definition) is 2. The van der Waals surface area contributed by atoms with Gasteiger partial charge in [0.2, 0.25) is 0 Å². The van der Waals surface area contributed by atoms with E-state index < -0.39 is 5.60 Å². The first-order valence-corrected chi connectivity index (χ1v) is 6.44. The van der Waals surface area contributed by atoms with Crippen molar-refractivity contribution < 1.29 is 9.90 Å². The summed E-state index contributed by atoms with van der Waals surface area (Å²) in [6, 6.07) is 0. The fourth-order valence-corrected chi connectivity index (χ4v) is 3.32. The molecule has 0 spiro atoms. The Bertz CT molecular complexity index is 390. The van der Waals surface area contributed by atoms with Gasteiger partial charge < -0.3 is 5.11 Å². The lowest BCUT2D eigenvalue weighted by Gasteiger charge is -2.49. The Balaban J connectivity index is 2.38. The Morgan fingerprint density at radius 2 is 2.18 bits per heavy atom. The van der Waals surface area contributed by atoms with Crippen LogP contribution in [0.1, 0.15) is 40.0 Å². The van der Waals surface area contributed by atoms with E-state index in [1.165, 1.54) is 0 Å². The van der Waals surface area contributed by atoms with Gasteiger partial charge in [-0.05, 0) is 39.0 Å². The molecule has 0 aromatic carbocycles. The molecule has 2 bridgehead atoms. The third kappa shape index (κ3) is 1.99. The summed E-state index contributed by atoms with van der Waals surface area (Å²) in [5.74, 6) is 0.0596. The minimum atomic E-state index is -0.827. The van der Waals surface area contributed by atoms with E-state index in [0.29, 0.717) is 12.8 Å². The number of carbonyl (C=O) groups is 1. The van der Waals surface area contributed by atoms with Crippen molar-refractivity contribution in [2.45, 2.75) is 45.6 Å². The summed E-state index contributed by atoms with van der Waals surface area (Å²) < 4.78 is 0. The number of rotatable bonds is 1. The highest BCUT2D eigenvalue weighted by atomic mass is 16.3. The molecule has 0 aromatic heterocycles. The highest BCUT2D eigenvalue weighted by Crippen LogP contribution is 2.49. The molecule has 2 heteroatoms. The van der Waals surface area contributed by atoms with E-state index in [-0.39, 0.29) is 23.5 Å². The molecule has 1 N–H and O–H groups in total. The molecular formula is C15H22O2. The summed E-state index contributed by atoms with van der Waals surface area (Å²) in [6.07, 6.45) is 4.18. The van der Waals surface area contributed by atoms with Crippen molar-refractivity contribution in [1.29, 1.82) is 0 Å². The van der Waals surface area contributed by atoms with Crippen molar-refractivity contribution >= 4 is 5.78 Å². The zero-order chi connectivity index (χ0) is 12.8. The Labute approximate surface area is 103 Å². The van der Waals surface area contributed by atoms with Crippen LogP contribution in [0.2, 0.25) is 0 Å². The normalized spacial score (nSPS) is 41.3. The molecule has 2 nitrogen and oxygen atoms in total. The van der Waals surface area contributed by atoms with E-state index in [9.17, 15) is 9.90 Å². The third-order valence-electron chi connectivity index (χ3n) is 4.41. The molecular weight excluding hydrogens is 212 g/mol. The maximum atomic E-state index is 12.4. The third-order valence-corrected chi connectivity index (χ3v) is 4.41. The van der Waals surface area contributed by atoms with Crippen molar-refractivity contribution in [3.05, 3.63) is 23.8 Å². The highest BCUT2D eigenvalue weighted by molar-refractivity contribution is 5.88. The van der Waals surface area contributed by atoms with Crippen LogP contribution in [-0.4, -0.2) is 16.5 Å². The predicted molar refractivity (Wildman–Crippen MR) is 68.5 cm³/mol. The average molecular weight is 234 g/mol. The number of ketones is 1. The highest BCUT2D eigenvalue weighted by Gasteiger charge is 2.52. The quantitative estimate of drug-likeness (QED) is 0.708. The molecule has 0 aliphatic heterocycles. The number of fused-ring (bicyclic) bond motifs is 2. The summed E-state index contributed by atoms with van der Waals surface area (Å²) >= 11 is 0. The largest absolute Gasteiger partial charge is 0.389 e. The number of Topliss-reactive ketones (excluding diaryl/α,β-unsaturated/α-hetero) is 1. The van der Waals surface area contributed by atoms with Crippen LogP contribution in [0.15, 0.2) is 23.8 Å². The van der Waals surface area contributed by atoms with E-state index in [1.54, 1.807) is 0 Å². The van der Waals surface area contributed by atoms with Crippen molar-refractivity contribution in [3.63, 3.8) is 0 Å². The second-order valence-corrected chi connectivity index (χ2v) is 5.99. The van der Waals surface area contributed by atoms with Crippen molar-refractivity contribution in [1.82, 2.24) is 0 Å².